The third-order valence-electron chi connectivity index (χ3n) is 4.44. The molecule has 1 amide bonds. The molecule has 0 aromatic carbocycles. The molecule has 0 aromatic heterocycles. The molecule has 112 valence electrons. The standard InChI is InChI=1S/C16H32N2O/c1-12(2)9-14(11-17)10-16(19)18-7-5-15(6-8-18)13(3)4/h12-15H,5-11,17H2,1-4H3. The third-order valence-corrected chi connectivity index (χ3v) is 4.44. The molecule has 0 saturated carbocycles. The minimum Gasteiger partial charge on any atom is -0.343 e. The zero-order valence-corrected chi connectivity index (χ0v) is 13.2. The predicted molar refractivity (Wildman–Crippen MR) is 80.8 cm³/mol. The Kier molecular flexibility index (Phi) is 6.84. The van der Waals surface area contributed by atoms with Crippen molar-refractivity contribution in [3.05, 3.63) is 0 Å². The summed E-state index contributed by atoms with van der Waals surface area (Å²) in [6.07, 6.45) is 4.04. The van der Waals surface area contributed by atoms with Crippen molar-refractivity contribution in [2.24, 2.45) is 29.4 Å². The number of hydrogen-bond donors (Lipinski definition) is 1. The Balaban J connectivity index is 2.38. The smallest absolute Gasteiger partial charge is 0.222 e. The van der Waals surface area contributed by atoms with Gasteiger partial charge in [-0.25, -0.2) is 0 Å². The first-order valence-electron chi connectivity index (χ1n) is 7.91. The van der Waals surface area contributed by atoms with Crippen LogP contribution in [0.15, 0.2) is 0 Å². The maximum Gasteiger partial charge on any atom is 0.222 e. The van der Waals surface area contributed by atoms with Crippen LogP contribution in [0.2, 0.25) is 0 Å². The van der Waals surface area contributed by atoms with E-state index < -0.39 is 0 Å². The Morgan fingerprint density at radius 2 is 1.79 bits per heavy atom. The van der Waals surface area contributed by atoms with E-state index in [0.717, 1.165) is 31.3 Å². The number of likely N-dealkylation sites (tertiary alicyclic amines) is 1. The van der Waals surface area contributed by atoms with Crippen LogP contribution in [0.5, 0.6) is 0 Å². The molecular formula is C16H32N2O. The van der Waals surface area contributed by atoms with Crippen LogP contribution in [0, 0.1) is 23.7 Å². The second-order valence-corrected chi connectivity index (χ2v) is 6.90. The van der Waals surface area contributed by atoms with Crippen LogP contribution in [-0.4, -0.2) is 30.4 Å². The highest BCUT2D eigenvalue weighted by molar-refractivity contribution is 5.76. The molecule has 0 radical (unpaired) electrons. The quantitative estimate of drug-likeness (QED) is 0.805. The molecule has 3 heteroatoms. The molecule has 2 N–H and O–H groups in total. The van der Waals surface area contributed by atoms with E-state index in [2.05, 4.69) is 32.6 Å². The van der Waals surface area contributed by atoms with Crippen LogP contribution in [0.3, 0.4) is 0 Å². The van der Waals surface area contributed by atoms with Crippen LogP contribution in [-0.2, 0) is 4.79 Å². The van der Waals surface area contributed by atoms with E-state index in [9.17, 15) is 4.79 Å². The van der Waals surface area contributed by atoms with Gasteiger partial charge in [-0.05, 0) is 49.5 Å². The summed E-state index contributed by atoms with van der Waals surface area (Å²) in [5.74, 6) is 2.83. The summed E-state index contributed by atoms with van der Waals surface area (Å²) in [5.41, 5.74) is 5.79. The Labute approximate surface area is 118 Å². The number of nitrogens with two attached hydrogens (primary N) is 1. The van der Waals surface area contributed by atoms with Gasteiger partial charge in [-0.2, -0.15) is 0 Å². The SMILES string of the molecule is CC(C)CC(CN)CC(=O)N1CCC(C(C)C)CC1. The van der Waals surface area contributed by atoms with Gasteiger partial charge in [0.2, 0.25) is 5.91 Å². The fraction of sp³-hybridized carbons (Fsp3) is 0.938. The van der Waals surface area contributed by atoms with Crippen molar-refractivity contribution >= 4 is 5.91 Å². The van der Waals surface area contributed by atoms with Gasteiger partial charge in [0.25, 0.3) is 0 Å². The lowest BCUT2D eigenvalue weighted by Crippen LogP contribution is -2.40. The molecule has 1 rings (SSSR count). The largest absolute Gasteiger partial charge is 0.343 e. The Morgan fingerprint density at radius 3 is 2.21 bits per heavy atom. The van der Waals surface area contributed by atoms with Crippen molar-refractivity contribution in [3.8, 4) is 0 Å². The maximum atomic E-state index is 12.3. The molecule has 0 bridgehead atoms. The van der Waals surface area contributed by atoms with Crippen LogP contribution in [0.1, 0.15) is 53.4 Å². The zero-order chi connectivity index (χ0) is 14.4. The number of piperidine rings is 1. The predicted octanol–water partition coefficient (Wildman–Crippen LogP) is 2.89. The minimum absolute atomic E-state index is 0.318. The van der Waals surface area contributed by atoms with Crippen molar-refractivity contribution < 1.29 is 4.79 Å². The zero-order valence-electron chi connectivity index (χ0n) is 13.2. The molecule has 0 aromatic rings. The lowest BCUT2D eigenvalue weighted by molar-refractivity contribution is -0.133. The molecule has 1 saturated heterocycles. The first-order chi connectivity index (χ1) is 8.93. The molecule has 1 aliphatic heterocycles. The topological polar surface area (TPSA) is 46.3 Å². The molecular weight excluding hydrogens is 236 g/mol. The fourth-order valence-electron chi connectivity index (χ4n) is 3.12. The van der Waals surface area contributed by atoms with Crippen molar-refractivity contribution in [3.63, 3.8) is 0 Å². The first kappa shape index (κ1) is 16.5. The van der Waals surface area contributed by atoms with E-state index in [0.29, 0.717) is 30.7 Å². The normalized spacial score (nSPS) is 19.2. The Hall–Kier alpha value is -0.570. The van der Waals surface area contributed by atoms with Gasteiger partial charge in [0.1, 0.15) is 0 Å². The van der Waals surface area contributed by atoms with Gasteiger partial charge in [0, 0.05) is 19.5 Å². The van der Waals surface area contributed by atoms with Crippen LogP contribution in [0.25, 0.3) is 0 Å². The number of nitrogens with zero attached hydrogens (tertiary/aromatic N) is 1. The summed E-state index contributed by atoms with van der Waals surface area (Å²) < 4.78 is 0. The molecule has 0 aliphatic carbocycles. The number of amides is 1. The maximum absolute atomic E-state index is 12.3. The summed E-state index contributed by atoms with van der Waals surface area (Å²) in [6.45, 7) is 11.5. The molecule has 1 atom stereocenters. The first-order valence-corrected chi connectivity index (χ1v) is 7.91. The number of hydrogen-bond acceptors (Lipinski definition) is 2. The van der Waals surface area contributed by atoms with E-state index in [-0.39, 0.29) is 0 Å². The fourth-order valence-corrected chi connectivity index (χ4v) is 3.12. The van der Waals surface area contributed by atoms with Crippen LogP contribution < -0.4 is 5.73 Å². The van der Waals surface area contributed by atoms with E-state index in [1.807, 2.05) is 0 Å². The summed E-state index contributed by atoms with van der Waals surface area (Å²) in [7, 11) is 0. The van der Waals surface area contributed by atoms with Gasteiger partial charge in [0.05, 0.1) is 0 Å². The van der Waals surface area contributed by atoms with Crippen molar-refractivity contribution in [1.82, 2.24) is 4.90 Å². The van der Waals surface area contributed by atoms with Crippen molar-refractivity contribution in [2.75, 3.05) is 19.6 Å². The summed E-state index contributed by atoms with van der Waals surface area (Å²) in [6, 6.07) is 0. The second-order valence-electron chi connectivity index (χ2n) is 6.90. The third kappa shape index (κ3) is 5.52. The van der Waals surface area contributed by atoms with Crippen LogP contribution in [0.4, 0.5) is 0 Å². The van der Waals surface area contributed by atoms with E-state index in [1.54, 1.807) is 0 Å². The van der Waals surface area contributed by atoms with Gasteiger partial charge in [-0.15, -0.1) is 0 Å². The molecule has 1 heterocycles. The molecule has 3 nitrogen and oxygen atoms in total. The van der Waals surface area contributed by atoms with Gasteiger partial charge in [0.15, 0.2) is 0 Å². The second kappa shape index (κ2) is 7.88. The van der Waals surface area contributed by atoms with Gasteiger partial charge in [-0.1, -0.05) is 27.7 Å². The van der Waals surface area contributed by atoms with Crippen LogP contribution >= 0.6 is 0 Å². The van der Waals surface area contributed by atoms with E-state index in [1.165, 1.54) is 12.8 Å². The molecule has 19 heavy (non-hydrogen) atoms. The highest BCUT2D eigenvalue weighted by Crippen LogP contribution is 2.25. The van der Waals surface area contributed by atoms with E-state index >= 15 is 0 Å². The highest BCUT2D eigenvalue weighted by atomic mass is 16.2. The molecule has 0 spiro atoms. The van der Waals surface area contributed by atoms with Crippen molar-refractivity contribution in [1.29, 1.82) is 0 Å². The molecule has 1 aliphatic rings. The Morgan fingerprint density at radius 1 is 1.21 bits per heavy atom. The monoisotopic (exact) mass is 268 g/mol. The number of rotatable bonds is 6. The van der Waals surface area contributed by atoms with Gasteiger partial charge >= 0.3 is 0 Å². The average Bonchev–Trinajstić information content (AvgIpc) is 2.37. The number of carbonyl (C=O) groups is 1. The average molecular weight is 268 g/mol. The van der Waals surface area contributed by atoms with Gasteiger partial charge in [-0.3, -0.25) is 4.79 Å². The van der Waals surface area contributed by atoms with Gasteiger partial charge < -0.3 is 10.6 Å². The molecule has 1 fully saturated rings. The Bertz CT molecular complexity index is 268. The summed E-state index contributed by atoms with van der Waals surface area (Å²) in [5, 5.41) is 0. The molecule has 1 unspecified atom stereocenters. The summed E-state index contributed by atoms with van der Waals surface area (Å²) in [4.78, 5) is 14.4. The number of carbonyl (C=O) groups excluding carboxylic acids is 1. The van der Waals surface area contributed by atoms with E-state index in [4.69, 9.17) is 5.73 Å². The van der Waals surface area contributed by atoms with Crippen molar-refractivity contribution in [2.45, 2.75) is 53.4 Å². The lowest BCUT2D eigenvalue weighted by atomic mass is 9.86. The minimum atomic E-state index is 0.318. The lowest BCUT2D eigenvalue weighted by Gasteiger charge is -2.34. The summed E-state index contributed by atoms with van der Waals surface area (Å²) >= 11 is 0. The highest BCUT2D eigenvalue weighted by Gasteiger charge is 2.25.